The van der Waals surface area contributed by atoms with E-state index in [4.69, 9.17) is 5.11 Å². The van der Waals surface area contributed by atoms with Crippen LogP contribution < -0.4 is 5.32 Å². The molecule has 0 unspecified atom stereocenters. The number of nitrogens with zero attached hydrogens (tertiary/aromatic N) is 2. The Kier molecular flexibility index (Phi) is 5.08. The van der Waals surface area contributed by atoms with Crippen molar-refractivity contribution in [2.75, 3.05) is 5.32 Å². The van der Waals surface area contributed by atoms with E-state index in [1.54, 1.807) is 6.07 Å². The van der Waals surface area contributed by atoms with E-state index in [0.717, 1.165) is 16.7 Å². The van der Waals surface area contributed by atoms with Gasteiger partial charge in [-0.3, -0.25) is 24.6 Å². The van der Waals surface area contributed by atoms with Gasteiger partial charge in [0, 0.05) is 17.8 Å². The number of nitro groups is 1. The number of carboxylic acids is 1. The minimum Gasteiger partial charge on any atom is -0.478 e. The van der Waals surface area contributed by atoms with Gasteiger partial charge in [0.1, 0.15) is 0 Å². The first-order valence-corrected chi connectivity index (χ1v) is 8.58. The van der Waals surface area contributed by atoms with Gasteiger partial charge >= 0.3 is 5.97 Å². The van der Waals surface area contributed by atoms with Gasteiger partial charge in [0.15, 0.2) is 5.37 Å². The molecular formula is C17H13N3O6S. The Morgan fingerprint density at radius 1 is 1.22 bits per heavy atom. The van der Waals surface area contributed by atoms with E-state index in [2.05, 4.69) is 5.32 Å². The number of carbonyl (C=O) groups is 3. The number of carboxylic acid groups (broad SMARTS) is 1. The molecule has 1 aliphatic heterocycles. The average Bonchev–Trinajstić information content (AvgIpc) is 2.90. The lowest BCUT2D eigenvalue weighted by molar-refractivity contribution is -0.384. The first-order chi connectivity index (χ1) is 12.8. The molecule has 3 rings (SSSR count). The molecule has 2 aromatic rings. The molecule has 1 atom stereocenters. The van der Waals surface area contributed by atoms with E-state index in [0.29, 0.717) is 11.3 Å². The maximum atomic E-state index is 12.5. The Hall–Kier alpha value is -3.40. The number of non-ortho nitro benzene ring substituents is 1. The number of hydrogen-bond donors (Lipinski definition) is 2. The fourth-order valence-electron chi connectivity index (χ4n) is 2.48. The standard InChI is InChI=1S/C17H13N3O6S/c21-15-14(18-12-3-1-2-11(8-12)16(22)23)27-17(24)19(15)9-10-4-6-13(7-5-10)20(25)26/h1-8,14,18H,9H2,(H,22,23)/t14-/m1/s1. The monoisotopic (exact) mass is 387 g/mol. The first kappa shape index (κ1) is 18.4. The van der Waals surface area contributed by atoms with Crippen LogP contribution in [0.25, 0.3) is 0 Å². The maximum absolute atomic E-state index is 12.5. The topological polar surface area (TPSA) is 130 Å². The quantitative estimate of drug-likeness (QED) is 0.571. The predicted molar refractivity (Wildman–Crippen MR) is 97.4 cm³/mol. The minimum atomic E-state index is -1.10. The van der Waals surface area contributed by atoms with Crippen LogP contribution in [0.15, 0.2) is 48.5 Å². The number of thioether (sulfide) groups is 1. The largest absolute Gasteiger partial charge is 0.478 e. The molecule has 1 heterocycles. The summed E-state index contributed by atoms with van der Waals surface area (Å²) >= 11 is 0.789. The van der Waals surface area contributed by atoms with Crippen molar-refractivity contribution in [2.45, 2.75) is 11.9 Å². The molecule has 138 valence electrons. The van der Waals surface area contributed by atoms with Gasteiger partial charge in [0.2, 0.25) is 0 Å². The molecule has 0 aliphatic carbocycles. The first-order valence-electron chi connectivity index (χ1n) is 7.70. The molecule has 1 fully saturated rings. The van der Waals surface area contributed by atoms with E-state index in [-0.39, 0.29) is 17.8 Å². The maximum Gasteiger partial charge on any atom is 0.335 e. The van der Waals surface area contributed by atoms with Crippen LogP contribution >= 0.6 is 11.8 Å². The number of amides is 2. The van der Waals surface area contributed by atoms with Crippen LogP contribution in [0.4, 0.5) is 16.2 Å². The van der Waals surface area contributed by atoms with Crippen molar-refractivity contribution in [2.24, 2.45) is 0 Å². The van der Waals surface area contributed by atoms with Gasteiger partial charge in [-0.05, 0) is 35.5 Å². The second-order valence-corrected chi connectivity index (χ2v) is 6.70. The Morgan fingerprint density at radius 3 is 2.56 bits per heavy atom. The number of hydrogen-bond acceptors (Lipinski definition) is 7. The molecule has 0 spiro atoms. The molecule has 1 saturated heterocycles. The molecule has 2 amide bonds. The summed E-state index contributed by atoms with van der Waals surface area (Å²) in [5.74, 6) is -1.57. The summed E-state index contributed by atoms with van der Waals surface area (Å²) < 4.78 is 0. The van der Waals surface area contributed by atoms with Crippen LogP contribution in [0.2, 0.25) is 0 Å². The van der Waals surface area contributed by atoms with E-state index in [9.17, 15) is 24.5 Å². The van der Waals surface area contributed by atoms with Gasteiger partial charge in [-0.1, -0.05) is 18.2 Å². The number of nitro benzene ring substituents is 1. The van der Waals surface area contributed by atoms with Gasteiger partial charge in [-0.2, -0.15) is 0 Å². The van der Waals surface area contributed by atoms with Crippen molar-refractivity contribution >= 4 is 40.3 Å². The zero-order valence-electron chi connectivity index (χ0n) is 13.7. The third-order valence-corrected chi connectivity index (χ3v) is 4.80. The van der Waals surface area contributed by atoms with Crippen LogP contribution in [0, 0.1) is 10.1 Å². The van der Waals surface area contributed by atoms with Crippen molar-refractivity contribution in [3.05, 3.63) is 69.8 Å². The fourth-order valence-corrected chi connectivity index (χ4v) is 3.39. The summed E-state index contributed by atoms with van der Waals surface area (Å²) in [6.45, 7) is -0.00396. The molecule has 27 heavy (non-hydrogen) atoms. The van der Waals surface area contributed by atoms with Crippen molar-refractivity contribution in [3.63, 3.8) is 0 Å². The third-order valence-electron chi connectivity index (χ3n) is 3.82. The smallest absolute Gasteiger partial charge is 0.335 e. The molecule has 2 N–H and O–H groups in total. The molecule has 0 bridgehead atoms. The highest BCUT2D eigenvalue weighted by molar-refractivity contribution is 8.15. The predicted octanol–water partition coefficient (Wildman–Crippen LogP) is 2.93. The molecule has 0 radical (unpaired) electrons. The van der Waals surface area contributed by atoms with Crippen LogP contribution in [-0.4, -0.2) is 37.4 Å². The molecule has 1 aliphatic rings. The van der Waals surface area contributed by atoms with Gasteiger partial charge in [-0.25, -0.2) is 4.79 Å². The van der Waals surface area contributed by atoms with Crippen LogP contribution in [-0.2, 0) is 11.3 Å². The second-order valence-electron chi connectivity index (χ2n) is 5.64. The summed E-state index contributed by atoms with van der Waals surface area (Å²) in [5.41, 5.74) is 0.969. The van der Waals surface area contributed by atoms with Gasteiger partial charge in [0.05, 0.1) is 17.0 Å². The summed E-state index contributed by atoms with van der Waals surface area (Å²) in [5, 5.41) is 21.2. The highest BCUT2D eigenvalue weighted by Crippen LogP contribution is 2.30. The van der Waals surface area contributed by atoms with Crippen molar-refractivity contribution in [3.8, 4) is 0 Å². The number of benzene rings is 2. The zero-order valence-corrected chi connectivity index (χ0v) is 14.5. The van der Waals surface area contributed by atoms with Crippen LogP contribution in [0.1, 0.15) is 15.9 Å². The van der Waals surface area contributed by atoms with Crippen molar-refractivity contribution < 1.29 is 24.4 Å². The summed E-state index contributed by atoms with van der Waals surface area (Å²) in [7, 11) is 0. The molecular weight excluding hydrogens is 374 g/mol. The number of rotatable bonds is 6. The average molecular weight is 387 g/mol. The molecule has 0 saturated carbocycles. The van der Waals surface area contributed by atoms with Gasteiger partial charge in [-0.15, -0.1) is 0 Å². The van der Waals surface area contributed by atoms with E-state index in [1.807, 2.05) is 0 Å². The summed E-state index contributed by atoms with van der Waals surface area (Å²) in [4.78, 5) is 46.9. The van der Waals surface area contributed by atoms with Crippen molar-refractivity contribution in [1.29, 1.82) is 0 Å². The molecule has 10 heteroatoms. The molecule has 0 aromatic heterocycles. The normalized spacial score (nSPS) is 16.4. The van der Waals surface area contributed by atoms with E-state index >= 15 is 0 Å². The summed E-state index contributed by atoms with van der Waals surface area (Å²) in [6.07, 6.45) is 0. The van der Waals surface area contributed by atoms with Gasteiger partial charge < -0.3 is 10.4 Å². The lowest BCUT2D eigenvalue weighted by Crippen LogP contribution is -2.33. The van der Waals surface area contributed by atoms with Gasteiger partial charge in [0.25, 0.3) is 16.8 Å². The highest BCUT2D eigenvalue weighted by Gasteiger charge is 2.39. The Labute approximate surface area is 157 Å². The van der Waals surface area contributed by atoms with E-state index in [1.165, 1.54) is 42.5 Å². The highest BCUT2D eigenvalue weighted by atomic mass is 32.2. The Balaban J connectivity index is 1.70. The number of carbonyl (C=O) groups excluding carboxylic acids is 2. The summed E-state index contributed by atoms with van der Waals surface area (Å²) in [6, 6.07) is 11.5. The number of imide groups is 1. The van der Waals surface area contributed by atoms with Crippen molar-refractivity contribution in [1.82, 2.24) is 4.90 Å². The molecule has 9 nitrogen and oxygen atoms in total. The lowest BCUT2D eigenvalue weighted by atomic mass is 10.2. The van der Waals surface area contributed by atoms with Crippen LogP contribution in [0.3, 0.4) is 0 Å². The fraction of sp³-hybridized carbons (Fsp3) is 0.118. The number of aromatic carboxylic acids is 1. The third kappa shape index (κ3) is 4.06. The Morgan fingerprint density at radius 2 is 1.93 bits per heavy atom. The van der Waals surface area contributed by atoms with Crippen LogP contribution in [0.5, 0.6) is 0 Å². The minimum absolute atomic E-state index is 0.00396. The molecule has 2 aromatic carbocycles. The SMILES string of the molecule is O=C(O)c1cccc(N[C@@H]2SC(=O)N(Cc3ccc([N+](=O)[O-])cc3)C2=O)c1. The Bertz CT molecular complexity index is 931. The number of anilines is 1. The second kappa shape index (κ2) is 7.46. The van der Waals surface area contributed by atoms with E-state index < -0.39 is 27.4 Å². The number of nitrogens with one attached hydrogen (secondary N) is 1. The zero-order chi connectivity index (χ0) is 19.6. The lowest BCUT2D eigenvalue weighted by Gasteiger charge is -2.15.